The number of carbonyl (C=O) groups excluding carboxylic acids is 1. The number of nitrogens with one attached hydrogen (secondary N) is 1. The second kappa shape index (κ2) is 7.31. The van der Waals surface area contributed by atoms with Crippen molar-refractivity contribution in [2.75, 3.05) is 5.32 Å². The number of benzene rings is 2. The maximum atomic E-state index is 12.0. The lowest BCUT2D eigenvalue weighted by molar-refractivity contribution is -0.136. The highest BCUT2D eigenvalue weighted by Crippen LogP contribution is 2.26. The van der Waals surface area contributed by atoms with Crippen LogP contribution in [0.3, 0.4) is 0 Å². The van der Waals surface area contributed by atoms with E-state index in [4.69, 9.17) is 5.11 Å². The molecule has 1 atom stereocenters. The van der Waals surface area contributed by atoms with Gasteiger partial charge in [0.15, 0.2) is 5.17 Å². The molecule has 1 aliphatic heterocycles. The van der Waals surface area contributed by atoms with Crippen molar-refractivity contribution in [1.82, 2.24) is 0 Å². The van der Waals surface area contributed by atoms with Crippen LogP contribution in [0.5, 0.6) is 0 Å². The zero-order chi connectivity index (χ0) is 16.9. The zero-order valence-corrected chi connectivity index (χ0v) is 13.6. The molecular formula is C18H16N2O3S. The summed E-state index contributed by atoms with van der Waals surface area (Å²) in [6.07, 6.45) is 0.643. The van der Waals surface area contributed by atoms with E-state index in [1.165, 1.54) is 11.8 Å². The Morgan fingerprint density at radius 3 is 2.46 bits per heavy atom. The molecule has 6 heteroatoms. The van der Waals surface area contributed by atoms with Gasteiger partial charge in [0.25, 0.3) is 5.91 Å². The van der Waals surface area contributed by atoms with Gasteiger partial charge in [-0.15, -0.1) is 0 Å². The molecule has 2 N–H and O–H groups in total. The largest absolute Gasteiger partial charge is 0.481 e. The van der Waals surface area contributed by atoms with Crippen LogP contribution in [0.2, 0.25) is 0 Å². The molecule has 1 amide bonds. The van der Waals surface area contributed by atoms with Gasteiger partial charge >= 0.3 is 5.97 Å². The van der Waals surface area contributed by atoms with Crippen LogP contribution < -0.4 is 5.32 Å². The molecule has 1 heterocycles. The van der Waals surface area contributed by atoms with Crippen LogP contribution in [0.25, 0.3) is 0 Å². The quantitative estimate of drug-likeness (QED) is 0.875. The minimum absolute atomic E-state index is 0.00634. The van der Waals surface area contributed by atoms with E-state index in [9.17, 15) is 9.59 Å². The molecule has 1 aliphatic rings. The lowest BCUT2D eigenvalue weighted by Crippen LogP contribution is -2.14. The highest BCUT2D eigenvalue weighted by atomic mass is 32.2. The van der Waals surface area contributed by atoms with Crippen molar-refractivity contribution in [2.24, 2.45) is 4.99 Å². The van der Waals surface area contributed by atoms with Crippen molar-refractivity contribution in [3.05, 3.63) is 65.7 Å². The van der Waals surface area contributed by atoms with Crippen molar-refractivity contribution >= 4 is 34.5 Å². The monoisotopic (exact) mass is 340 g/mol. The van der Waals surface area contributed by atoms with E-state index in [2.05, 4.69) is 10.3 Å². The predicted octanol–water partition coefficient (Wildman–Crippen LogP) is 2.97. The van der Waals surface area contributed by atoms with Crippen molar-refractivity contribution in [3.8, 4) is 0 Å². The van der Waals surface area contributed by atoms with E-state index >= 15 is 0 Å². The maximum absolute atomic E-state index is 12.0. The standard InChI is InChI=1S/C18H16N2O3S/c21-16(22)11-13-6-8-14(9-7-13)19-18-20-17(23)15(24-18)10-12-4-2-1-3-5-12/h1-9,15H,10-11H2,(H,21,22)(H,19,20,23). The van der Waals surface area contributed by atoms with Crippen molar-refractivity contribution in [1.29, 1.82) is 0 Å². The first-order valence-corrected chi connectivity index (χ1v) is 8.39. The van der Waals surface area contributed by atoms with Gasteiger partial charge in [0, 0.05) is 5.69 Å². The number of carbonyl (C=O) groups is 2. The molecule has 0 fully saturated rings. The Bertz CT molecular complexity index is 773. The Labute approximate surface area is 143 Å². The second-order valence-electron chi connectivity index (χ2n) is 5.44. The minimum Gasteiger partial charge on any atom is -0.481 e. The SMILES string of the molecule is O=C(O)Cc1ccc(NC2=NC(=O)C(Cc3ccccc3)S2)cc1. The summed E-state index contributed by atoms with van der Waals surface area (Å²) in [7, 11) is 0. The molecule has 0 bridgehead atoms. The van der Waals surface area contributed by atoms with Crippen LogP contribution in [0.1, 0.15) is 11.1 Å². The number of amidine groups is 1. The van der Waals surface area contributed by atoms with Gasteiger partial charge in [0.05, 0.1) is 11.7 Å². The number of thioether (sulfide) groups is 1. The first kappa shape index (κ1) is 16.3. The summed E-state index contributed by atoms with van der Waals surface area (Å²) in [6, 6.07) is 16.9. The Morgan fingerprint density at radius 1 is 1.08 bits per heavy atom. The smallest absolute Gasteiger partial charge is 0.307 e. The Morgan fingerprint density at radius 2 is 1.79 bits per heavy atom. The molecule has 2 aromatic rings. The molecule has 0 aromatic heterocycles. The van der Waals surface area contributed by atoms with E-state index in [0.29, 0.717) is 11.6 Å². The van der Waals surface area contributed by atoms with Gasteiger partial charge in [-0.25, -0.2) is 0 Å². The molecule has 3 rings (SSSR count). The van der Waals surface area contributed by atoms with Crippen LogP contribution in [0.15, 0.2) is 59.6 Å². The summed E-state index contributed by atoms with van der Waals surface area (Å²) in [5.41, 5.74) is 2.62. The molecule has 2 aromatic carbocycles. The summed E-state index contributed by atoms with van der Waals surface area (Å²) in [5.74, 6) is -0.991. The number of aliphatic imine (C=N–C) groups is 1. The van der Waals surface area contributed by atoms with E-state index in [1.807, 2.05) is 30.3 Å². The molecule has 0 aliphatic carbocycles. The summed E-state index contributed by atoms with van der Waals surface area (Å²) < 4.78 is 0. The molecule has 0 saturated heterocycles. The number of rotatable bonds is 5. The van der Waals surface area contributed by atoms with Gasteiger partial charge in [-0.2, -0.15) is 4.99 Å². The molecule has 0 radical (unpaired) electrons. The topological polar surface area (TPSA) is 78.8 Å². The number of carboxylic acid groups (broad SMARTS) is 1. The van der Waals surface area contributed by atoms with E-state index in [0.717, 1.165) is 16.8 Å². The molecular weight excluding hydrogens is 324 g/mol. The average Bonchev–Trinajstić information content (AvgIpc) is 2.89. The van der Waals surface area contributed by atoms with Crippen LogP contribution >= 0.6 is 11.8 Å². The van der Waals surface area contributed by atoms with Crippen LogP contribution in [0, 0.1) is 0 Å². The van der Waals surface area contributed by atoms with E-state index in [1.54, 1.807) is 24.3 Å². The lowest BCUT2D eigenvalue weighted by Gasteiger charge is -2.08. The normalized spacial score (nSPS) is 16.8. The highest BCUT2D eigenvalue weighted by Gasteiger charge is 2.28. The predicted molar refractivity (Wildman–Crippen MR) is 95.4 cm³/mol. The number of anilines is 1. The molecule has 0 spiro atoms. The fraction of sp³-hybridized carbons (Fsp3) is 0.167. The Kier molecular flexibility index (Phi) is 4.96. The molecule has 0 saturated carbocycles. The molecule has 1 unspecified atom stereocenters. The lowest BCUT2D eigenvalue weighted by atomic mass is 10.1. The fourth-order valence-corrected chi connectivity index (χ4v) is 3.42. The summed E-state index contributed by atoms with van der Waals surface area (Å²) >= 11 is 1.42. The third kappa shape index (κ3) is 4.23. The van der Waals surface area contributed by atoms with Gasteiger partial charge in [0.2, 0.25) is 0 Å². The second-order valence-corrected chi connectivity index (χ2v) is 6.64. The van der Waals surface area contributed by atoms with Gasteiger partial charge < -0.3 is 10.4 Å². The molecule has 24 heavy (non-hydrogen) atoms. The number of aliphatic carboxylic acids is 1. The Balaban J connectivity index is 1.59. The minimum atomic E-state index is -0.860. The summed E-state index contributed by atoms with van der Waals surface area (Å²) in [6.45, 7) is 0. The van der Waals surface area contributed by atoms with Crippen LogP contribution in [-0.4, -0.2) is 27.4 Å². The van der Waals surface area contributed by atoms with Gasteiger partial charge in [-0.05, 0) is 29.7 Å². The van der Waals surface area contributed by atoms with E-state index < -0.39 is 5.97 Å². The number of hydrogen-bond donors (Lipinski definition) is 2. The maximum Gasteiger partial charge on any atom is 0.307 e. The summed E-state index contributed by atoms with van der Waals surface area (Å²) in [4.78, 5) is 26.8. The highest BCUT2D eigenvalue weighted by molar-refractivity contribution is 8.15. The number of amides is 1. The van der Waals surface area contributed by atoms with Crippen molar-refractivity contribution in [2.45, 2.75) is 18.1 Å². The van der Waals surface area contributed by atoms with E-state index in [-0.39, 0.29) is 17.6 Å². The first-order valence-electron chi connectivity index (χ1n) is 7.51. The van der Waals surface area contributed by atoms with Gasteiger partial charge in [-0.1, -0.05) is 54.2 Å². The molecule has 122 valence electrons. The van der Waals surface area contributed by atoms with Crippen molar-refractivity contribution in [3.63, 3.8) is 0 Å². The third-order valence-electron chi connectivity index (χ3n) is 3.57. The number of carboxylic acids is 1. The van der Waals surface area contributed by atoms with Gasteiger partial charge in [0.1, 0.15) is 0 Å². The fourth-order valence-electron chi connectivity index (χ4n) is 2.40. The average molecular weight is 340 g/mol. The molecule has 5 nitrogen and oxygen atoms in total. The van der Waals surface area contributed by atoms with Gasteiger partial charge in [-0.3, -0.25) is 9.59 Å². The Hall–Kier alpha value is -2.60. The van der Waals surface area contributed by atoms with Crippen LogP contribution in [-0.2, 0) is 22.4 Å². The van der Waals surface area contributed by atoms with Crippen molar-refractivity contribution < 1.29 is 14.7 Å². The summed E-state index contributed by atoms with van der Waals surface area (Å²) in [5, 5.41) is 12.3. The number of nitrogens with zero attached hydrogens (tertiary/aromatic N) is 1. The number of hydrogen-bond acceptors (Lipinski definition) is 4. The third-order valence-corrected chi connectivity index (χ3v) is 4.63. The zero-order valence-electron chi connectivity index (χ0n) is 12.8. The first-order chi connectivity index (χ1) is 11.6. The van der Waals surface area contributed by atoms with Crippen LogP contribution in [0.4, 0.5) is 5.69 Å².